The second-order valence-electron chi connectivity index (χ2n) is 4.44. The van der Waals surface area contributed by atoms with Crippen molar-refractivity contribution in [2.75, 3.05) is 6.61 Å². The summed E-state index contributed by atoms with van der Waals surface area (Å²) in [6, 6.07) is 2.01. The van der Waals surface area contributed by atoms with Gasteiger partial charge in [0.25, 0.3) is 0 Å². The zero-order valence-corrected chi connectivity index (χ0v) is 8.28. The lowest BCUT2D eigenvalue weighted by Crippen LogP contribution is -2.01. The minimum Gasteiger partial charge on any atom is -0.493 e. The summed E-state index contributed by atoms with van der Waals surface area (Å²) in [5.74, 6) is 2.64. The Morgan fingerprint density at radius 1 is 1.29 bits per heavy atom. The van der Waals surface area contributed by atoms with Crippen LogP contribution in [0.2, 0.25) is 0 Å². The van der Waals surface area contributed by atoms with Crippen molar-refractivity contribution in [1.82, 2.24) is 4.98 Å². The number of aromatic nitrogens is 1. The van der Waals surface area contributed by atoms with Crippen LogP contribution < -0.4 is 4.74 Å². The topological polar surface area (TPSA) is 22.1 Å². The average molecular weight is 189 g/mol. The predicted molar refractivity (Wildman–Crippen MR) is 54.4 cm³/mol. The Morgan fingerprint density at radius 3 is 2.86 bits per heavy atom. The molecule has 2 aliphatic carbocycles. The van der Waals surface area contributed by atoms with Crippen LogP contribution in [0.15, 0.2) is 18.5 Å². The minimum absolute atomic E-state index is 0.734. The third-order valence-corrected chi connectivity index (χ3v) is 3.00. The van der Waals surface area contributed by atoms with E-state index >= 15 is 0 Å². The Labute approximate surface area is 84.3 Å². The molecule has 2 aliphatic rings. The van der Waals surface area contributed by atoms with Crippen LogP contribution in [0.25, 0.3) is 0 Å². The van der Waals surface area contributed by atoms with Crippen molar-refractivity contribution in [3.8, 4) is 5.75 Å². The number of nitrogens with zero attached hydrogens (tertiary/aromatic N) is 1. The van der Waals surface area contributed by atoms with Crippen LogP contribution in [0, 0.1) is 5.92 Å². The Morgan fingerprint density at radius 2 is 2.14 bits per heavy atom. The smallest absolute Gasteiger partial charge is 0.125 e. The molecule has 0 N–H and O–H groups in total. The number of rotatable bonds is 4. The first-order chi connectivity index (χ1) is 6.93. The molecule has 1 aromatic heterocycles. The number of hydrogen-bond acceptors (Lipinski definition) is 2. The van der Waals surface area contributed by atoms with Crippen molar-refractivity contribution in [2.45, 2.75) is 31.6 Å². The van der Waals surface area contributed by atoms with Gasteiger partial charge in [-0.3, -0.25) is 4.98 Å². The molecular formula is C12H15NO. The lowest BCUT2D eigenvalue weighted by molar-refractivity contribution is 0.296. The van der Waals surface area contributed by atoms with Gasteiger partial charge in [0.05, 0.1) is 6.61 Å². The average Bonchev–Trinajstić information content (AvgIpc) is 3.07. The van der Waals surface area contributed by atoms with E-state index < -0.39 is 0 Å². The van der Waals surface area contributed by atoms with E-state index in [1.165, 1.54) is 31.2 Å². The lowest BCUT2D eigenvalue weighted by Gasteiger charge is -2.09. The van der Waals surface area contributed by atoms with Crippen molar-refractivity contribution in [1.29, 1.82) is 0 Å². The van der Waals surface area contributed by atoms with E-state index in [1.807, 2.05) is 18.5 Å². The van der Waals surface area contributed by atoms with Crippen molar-refractivity contribution < 1.29 is 4.74 Å². The van der Waals surface area contributed by atoms with Gasteiger partial charge in [0.1, 0.15) is 5.75 Å². The molecule has 2 heteroatoms. The molecule has 2 saturated carbocycles. The zero-order chi connectivity index (χ0) is 9.38. The van der Waals surface area contributed by atoms with Crippen molar-refractivity contribution >= 4 is 0 Å². The van der Waals surface area contributed by atoms with Crippen molar-refractivity contribution in [3.05, 3.63) is 24.0 Å². The van der Waals surface area contributed by atoms with Crippen LogP contribution in [-0.2, 0) is 0 Å². The van der Waals surface area contributed by atoms with E-state index in [9.17, 15) is 0 Å². The molecule has 2 nitrogen and oxygen atoms in total. The van der Waals surface area contributed by atoms with Gasteiger partial charge in [-0.15, -0.1) is 0 Å². The fourth-order valence-electron chi connectivity index (χ4n) is 1.72. The second-order valence-corrected chi connectivity index (χ2v) is 4.44. The molecule has 0 amide bonds. The highest BCUT2D eigenvalue weighted by atomic mass is 16.5. The molecular weight excluding hydrogens is 174 g/mol. The molecule has 0 saturated heterocycles. The molecule has 0 unspecified atom stereocenters. The summed E-state index contributed by atoms with van der Waals surface area (Å²) in [6.07, 6.45) is 9.12. The fraction of sp³-hybridized carbons (Fsp3) is 0.583. The van der Waals surface area contributed by atoms with Gasteiger partial charge in [-0.1, -0.05) is 0 Å². The molecule has 1 aromatic rings. The SMILES string of the molecule is c1cc(OCC2CC2)c(C2CC2)cn1. The van der Waals surface area contributed by atoms with Crippen LogP contribution in [0.4, 0.5) is 0 Å². The largest absolute Gasteiger partial charge is 0.493 e. The van der Waals surface area contributed by atoms with E-state index in [1.54, 1.807) is 0 Å². The maximum absolute atomic E-state index is 5.82. The molecule has 0 radical (unpaired) electrons. The van der Waals surface area contributed by atoms with Crippen LogP contribution in [-0.4, -0.2) is 11.6 Å². The van der Waals surface area contributed by atoms with Gasteiger partial charge >= 0.3 is 0 Å². The van der Waals surface area contributed by atoms with Gasteiger partial charge in [-0.05, 0) is 43.6 Å². The molecule has 1 heterocycles. The highest BCUT2D eigenvalue weighted by molar-refractivity contribution is 5.35. The Balaban J connectivity index is 1.73. The summed E-state index contributed by atoms with van der Waals surface area (Å²) < 4.78 is 5.82. The number of ether oxygens (including phenoxy) is 1. The molecule has 0 spiro atoms. The summed E-state index contributed by atoms with van der Waals surface area (Å²) in [4.78, 5) is 4.17. The molecule has 0 aromatic carbocycles. The van der Waals surface area contributed by atoms with Crippen LogP contribution >= 0.6 is 0 Å². The number of pyridine rings is 1. The minimum atomic E-state index is 0.734. The molecule has 0 atom stereocenters. The summed E-state index contributed by atoms with van der Waals surface area (Å²) in [6.45, 7) is 0.906. The first-order valence-electron chi connectivity index (χ1n) is 5.50. The van der Waals surface area contributed by atoms with Gasteiger partial charge in [-0.2, -0.15) is 0 Å². The summed E-state index contributed by atoms with van der Waals surface area (Å²) in [7, 11) is 0. The molecule has 0 aliphatic heterocycles. The highest BCUT2D eigenvalue weighted by Gasteiger charge is 2.28. The van der Waals surface area contributed by atoms with Crippen LogP contribution in [0.1, 0.15) is 37.2 Å². The Bertz CT molecular complexity index is 329. The van der Waals surface area contributed by atoms with Crippen LogP contribution in [0.5, 0.6) is 5.75 Å². The van der Waals surface area contributed by atoms with Crippen molar-refractivity contribution in [3.63, 3.8) is 0 Å². The van der Waals surface area contributed by atoms with Crippen molar-refractivity contribution in [2.24, 2.45) is 5.92 Å². The van der Waals surface area contributed by atoms with Crippen LogP contribution in [0.3, 0.4) is 0 Å². The van der Waals surface area contributed by atoms with Gasteiger partial charge in [0.15, 0.2) is 0 Å². The summed E-state index contributed by atoms with van der Waals surface area (Å²) in [5.41, 5.74) is 1.33. The van der Waals surface area contributed by atoms with E-state index in [0.717, 1.165) is 24.2 Å². The summed E-state index contributed by atoms with van der Waals surface area (Å²) >= 11 is 0. The second kappa shape index (κ2) is 3.26. The lowest BCUT2D eigenvalue weighted by atomic mass is 10.2. The third kappa shape index (κ3) is 1.74. The zero-order valence-electron chi connectivity index (χ0n) is 8.28. The van der Waals surface area contributed by atoms with E-state index in [2.05, 4.69) is 4.98 Å². The van der Waals surface area contributed by atoms with Gasteiger partial charge < -0.3 is 4.74 Å². The maximum Gasteiger partial charge on any atom is 0.125 e. The Kier molecular flexibility index (Phi) is 1.93. The van der Waals surface area contributed by atoms with Gasteiger partial charge in [0.2, 0.25) is 0 Å². The van der Waals surface area contributed by atoms with E-state index in [-0.39, 0.29) is 0 Å². The normalized spacial score (nSPS) is 20.9. The first-order valence-corrected chi connectivity index (χ1v) is 5.50. The van der Waals surface area contributed by atoms with Gasteiger partial charge in [-0.25, -0.2) is 0 Å². The standard InChI is InChI=1S/C12H15NO/c1-2-9(1)8-14-12-5-6-13-7-11(12)10-3-4-10/h5-7,9-10H,1-4,8H2. The molecule has 0 bridgehead atoms. The summed E-state index contributed by atoms with van der Waals surface area (Å²) in [5, 5.41) is 0. The monoisotopic (exact) mass is 189 g/mol. The van der Waals surface area contributed by atoms with E-state index in [4.69, 9.17) is 4.74 Å². The maximum atomic E-state index is 5.82. The fourth-order valence-corrected chi connectivity index (χ4v) is 1.72. The predicted octanol–water partition coefficient (Wildman–Crippen LogP) is 2.75. The molecule has 2 fully saturated rings. The molecule has 3 rings (SSSR count). The Hall–Kier alpha value is -1.05. The van der Waals surface area contributed by atoms with E-state index in [0.29, 0.717) is 0 Å². The molecule has 74 valence electrons. The number of hydrogen-bond donors (Lipinski definition) is 0. The molecule has 14 heavy (non-hydrogen) atoms. The van der Waals surface area contributed by atoms with Gasteiger partial charge in [0, 0.05) is 18.0 Å². The first kappa shape index (κ1) is 8.27. The highest BCUT2D eigenvalue weighted by Crippen LogP contribution is 2.44. The quantitative estimate of drug-likeness (QED) is 0.726. The third-order valence-electron chi connectivity index (χ3n) is 3.00.